The number of rotatable bonds is 5. The quantitative estimate of drug-likeness (QED) is 0.818. The molecule has 1 aliphatic carbocycles. The Morgan fingerprint density at radius 2 is 2.25 bits per heavy atom. The fraction of sp³-hybridized carbons (Fsp3) is 0.714. The third-order valence-corrected chi connectivity index (χ3v) is 5.06. The van der Waals surface area contributed by atoms with Crippen molar-refractivity contribution in [1.82, 2.24) is 5.32 Å². The highest BCUT2D eigenvalue weighted by molar-refractivity contribution is 7.10. The first-order valence-corrected chi connectivity index (χ1v) is 7.43. The standard InChI is InChI=1S/C14H23NS/c1-4-7-15-13-9-12(11(13)5-2)14-10(3)6-8-16-14/h6,8,11-13,15H,4-5,7,9H2,1-3H3. The highest BCUT2D eigenvalue weighted by Gasteiger charge is 2.40. The summed E-state index contributed by atoms with van der Waals surface area (Å²) < 4.78 is 0. The van der Waals surface area contributed by atoms with E-state index < -0.39 is 0 Å². The van der Waals surface area contributed by atoms with Crippen LogP contribution < -0.4 is 5.32 Å². The van der Waals surface area contributed by atoms with Gasteiger partial charge in [-0.3, -0.25) is 0 Å². The van der Waals surface area contributed by atoms with Crippen LogP contribution in [0.2, 0.25) is 0 Å². The molecule has 90 valence electrons. The van der Waals surface area contributed by atoms with Crippen LogP contribution in [0.25, 0.3) is 0 Å². The van der Waals surface area contributed by atoms with Gasteiger partial charge in [-0.1, -0.05) is 20.3 Å². The lowest BCUT2D eigenvalue weighted by molar-refractivity contribution is 0.163. The van der Waals surface area contributed by atoms with Gasteiger partial charge in [0, 0.05) is 10.9 Å². The van der Waals surface area contributed by atoms with Crippen LogP contribution in [0, 0.1) is 12.8 Å². The lowest BCUT2D eigenvalue weighted by Gasteiger charge is -2.45. The van der Waals surface area contributed by atoms with Crippen LogP contribution in [0.5, 0.6) is 0 Å². The number of thiophene rings is 1. The highest BCUT2D eigenvalue weighted by atomic mass is 32.1. The fourth-order valence-electron chi connectivity index (χ4n) is 2.91. The summed E-state index contributed by atoms with van der Waals surface area (Å²) in [5, 5.41) is 5.93. The summed E-state index contributed by atoms with van der Waals surface area (Å²) >= 11 is 1.95. The van der Waals surface area contributed by atoms with Crippen LogP contribution in [0.15, 0.2) is 11.4 Å². The Bertz CT molecular complexity index is 331. The van der Waals surface area contributed by atoms with Crippen LogP contribution in [0.1, 0.15) is 49.5 Å². The molecule has 0 saturated heterocycles. The highest BCUT2D eigenvalue weighted by Crippen LogP contribution is 2.47. The van der Waals surface area contributed by atoms with Gasteiger partial charge in [0.15, 0.2) is 0 Å². The molecule has 0 radical (unpaired) electrons. The first-order valence-electron chi connectivity index (χ1n) is 6.55. The van der Waals surface area contributed by atoms with E-state index in [0.717, 1.165) is 17.9 Å². The van der Waals surface area contributed by atoms with E-state index in [-0.39, 0.29) is 0 Å². The third kappa shape index (κ3) is 2.18. The Balaban J connectivity index is 1.97. The smallest absolute Gasteiger partial charge is 0.0109 e. The molecule has 0 aromatic carbocycles. The maximum absolute atomic E-state index is 3.69. The van der Waals surface area contributed by atoms with Crippen molar-refractivity contribution >= 4 is 11.3 Å². The van der Waals surface area contributed by atoms with Crippen molar-refractivity contribution in [1.29, 1.82) is 0 Å². The molecule has 3 atom stereocenters. The molecule has 1 N–H and O–H groups in total. The Hall–Kier alpha value is -0.340. The van der Waals surface area contributed by atoms with Gasteiger partial charge in [0.2, 0.25) is 0 Å². The summed E-state index contributed by atoms with van der Waals surface area (Å²) in [5.74, 6) is 1.70. The maximum atomic E-state index is 3.69. The van der Waals surface area contributed by atoms with Crippen LogP contribution in [-0.4, -0.2) is 12.6 Å². The normalized spacial score (nSPS) is 29.1. The molecule has 2 heteroatoms. The Labute approximate surface area is 103 Å². The van der Waals surface area contributed by atoms with Gasteiger partial charge < -0.3 is 5.32 Å². The Kier molecular flexibility index (Phi) is 4.04. The second-order valence-corrected chi connectivity index (χ2v) is 5.89. The first kappa shape index (κ1) is 12.1. The van der Waals surface area contributed by atoms with Gasteiger partial charge >= 0.3 is 0 Å². The lowest BCUT2D eigenvalue weighted by atomic mass is 9.66. The SMILES string of the molecule is CCCNC1CC(c2sccc2C)C1CC. The minimum absolute atomic E-state index is 0.774. The zero-order chi connectivity index (χ0) is 11.5. The van der Waals surface area contributed by atoms with Crippen LogP contribution >= 0.6 is 11.3 Å². The molecule has 0 bridgehead atoms. The van der Waals surface area contributed by atoms with Gasteiger partial charge in [-0.2, -0.15) is 0 Å². The van der Waals surface area contributed by atoms with E-state index in [4.69, 9.17) is 0 Å². The van der Waals surface area contributed by atoms with Gasteiger partial charge in [-0.25, -0.2) is 0 Å². The van der Waals surface area contributed by atoms with Gasteiger partial charge in [-0.05, 0) is 55.2 Å². The van der Waals surface area contributed by atoms with Gasteiger partial charge in [0.1, 0.15) is 0 Å². The Morgan fingerprint density at radius 1 is 1.44 bits per heavy atom. The maximum Gasteiger partial charge on any atom is 0.0109 e. The number of aryl methyl sites for hydroxylation is 1. The van der Waals surface area contributed by atoms with Crippen molar-refractivity contribution in [2.45, 2.75) is 52.0 Å². The van der Waals surface area contributed by atoms with E-state index in [1.165, 1.54) is 31.4 Å². The predicted molar refractivity (Wildman–Crippen MR) is 72.3 cm³/mol. The predicted octanol–water partition coefficient (Wildman–Crippen LogP) is 3.94. The zero-order valence-electron chi connectivity index (χ0n) is 10.6. The molecule has 1 aromatic heterocycles. The average molecular weight is 237 g/mol. The molecular formula is C14H23NS. The molecule has 0 spiro atoms. The van der Waals surface area contributed by atoms with Crippen molar-refractivity contribution in [3.8, 4) is 0 Å². The van der Waals surface area contributed by atoms with E-state index in [2.05, 4.69) is 37.5 Å². The molecule has 2 rings (SSSR count). The van der Waals surface area contributed by atoms with Gasteiger partial charge in [0.25, 0.3) is 0 Å². The Morgan fingerprint density at radius 3 is 2.81 bits per heavy atom. The second kappa shape index (κ2) is 5.33. The van der Waals surface area contributed by atoms with E-state index in [9.17, 15) is 0 Å². The monoisotopic (exact) mass is 237 g/mol. The number of hydrogen-bond acceptors (Lipinski definition) is 2. The molecule has 1 nitrogen and oxygen atoms in total. The minimum atomic E-state index is 0.774. The molecule has 1 aliphatic rings. The third-order valence-electron chi connectivity index (χ3n) is 3.91. The van der Waals surface area contributed by atoms with Crippen molar-refractivity contribution < 1.29 is 0 Å². The molecule has 1 fully saturated rings. The van der Waals surface area contributed by atoms with E-state index >= 15 is 0 Å². The second-order valence-electron chi connectivity index (χ2n) is 4.94. The van der Waals surface area contributed by atoms with E-state index in [1.54, 1.807) is 4.88 Å². The molecular weight excluding hydrogens is 214 g/mol. The van der Waals surface area contributed by atoms with Crippen LogP contribution in [0.4, 0.5) is 0 Å². The molecule has 1 aromatic rings. The summed E-state index contributed by atoms with van der Waals surface area (Å²) in [6, 6.07) is 3.04. The molecule has 0 aliphatic heterocycles. The molecule has 1 saturated carbocycles. The summed E-state index contributed by atoms with van der Waals surface area (Å²) in [6.45, 7) is 8.01. The molecule has 1 heterocycles. The number of nitrogens with one attached hydrogen (secondary N) is 1. The zero-order valence-corrected chi connectivity index (χ0v) is 11.4. The summed E-state index contributed by atoms with van der Waals surface area (Å²) in [4.78, 5) is 1.64. The molecule has 0 amide bonds. The fourth-order valence-corrected chi connectivity index (χ4v) is 4.03. The topological polar surface area (TPSA) is 12.0 Å². The first-order chi connectivity index (χ1) is 7.77. The molecule has 16 heavy (non-hydrogen) atoms. The minimum Gasteiger partial charge on any atom is -0.314 e. The summed E-state index contributed by atoms with van der Waals surface area (Å²) in [6.07, 6.45) is 3.90. The van der Waals surface area contributed by atoms with Crippen molar-refractivity contribution in [3.05, 3.63) is 21.9 Å². The van der Waals surface area contributed by atoms with E-state index in [1.807, 2.05) is 11.3 Å². The van der Waals surface area contributed by atoms with Crippen LogP contribution in [-0.2, 0) is 0 Å². The van der Waals surface area contributed by atoms with Crippen molar-refractivity contribution in [2.24, 2.45) is 5.92 Å². The summed E-state index contributed by atoms with van der Waals surface area (Å²) in [7, 11) is 0. The van der Waals surface area contributed by atoms with Crippen LogP contribution in [0.3, 0.4) is 0 Å². The number of hydrogen-bond donors (Lipinski definition) is 1. The lowest BCUT2D eigenvalue weighted by Crippen LogP contribution is -2.49. The van der Waals surface area contributed by atoms with Crippen molar-refractivity contribution in [3.63, 3.8) is 0 Å². The molecule has 3 unspecified atom stereocenters. The summed E-state index contributed by atoms with van der Waals surface area (Å²) in [5.41, 5.74) is 1.50. The van der Waals surface area contributed by atoms with Crippen molar-refractivity contribution in [2.75, 3.05) is 6.54 Å². The van der Waals surface area contributed by atoms with Gasteiger partial charge in [0.05, 0.1) is 0 Å². The average Bonchev–Trinajstić information content (AvgIpc) is 2.64. The van der Waals surface area contributed by atoms with Gasteiger partial charge in [-0.15, -0.1) is 11.3 Å². The van der Waals surface area contributed by atoms with E-state index in [0.29, 0.717) is 0 Å². The largest absolute Gasteiger partial charge is 0.314 e.